The zero-order valence-electron chi connectivity index (χ0n) is 23.8. The van der Waals surface area contributed by atoms with Crippen LogP contribution in [-0.4, -0.2) is 37.6 Å². The molecule has 0 radical (unpaired) electrons. The van der Waals surface area contributed by atoms with Crippen LogP contribution in [0.3, 0.4) is 0 Å². The van der Waals surface area contributed by atoms with Gasteiger partial charge in [0, 0.05) is 17.3 Å². The quantitative estimate of drug-likeness (QED) is 0.183. The van der Waals surface area contributed by atoms with Crippen LogP contribution in [0.4, 0.5) is 0 Å². The van der Waals surface area contributed by atoms with E-state index in [-0.39, 0.29) is 5.56 Å². The minimum Gasteiger partial charge on any atom is -0.494 e. The Bertz CT molecular complexity index is 2040. The first-order valence-electron chi connectivity index (χ1n) is 13.8. The molecular weight excluding hydrogens is 558 g/mol. The van der Waals surface area contributed by atoms with Crippen molar-refractivity contribution >= 4 is 34.5 Å². The molecule has 0 N–H and O–H groups in total. The van der Waals surface area contributed by atoms with Gasteiger partial charge < -0.3 is 9.47 Å². The third-order valence-electron chi connectivity index (χ3n) is 6.67. The van der Waals surface area contributed by atoms with Crippen molar-refractivity contribution in [2.75, 3.05) is 13.2 Å². The summed E-state index contributed by atoms with van der Waals surface area (Å²) in [5.41, 5.74) is 5.12. The Kier molecular flexibility index (Phi) is 7.97. The number of aryl methyl sites for hydroxylation is 1. The first kappa shape index (κ1) is 27.9. The zero-order chi connectivity index (χ0) is 29.8. The van der Waals surface area contributed by atoms with Gasteiger partial charge in [-0.3, -0.25) is 4.79 Å². The molecule has 3 aromatic carbocycles. The van der Waals surface area contributed by atoms with Crippen molar-refractivity contribution in [1.82, 2.24) is 24.4 Å². The van der Waals surface area contributed by atoms with Crippen molar-refractivity contribution in [3.8, 4) is 28.4 Å². The predicted octanol–water partition coefficient (Wildman–Crippen LogP) is 5.99. The number of rotatable bonds is 10. The Labute approximate surface area is 252 Å². The first-order valence-corrected chi connectivity index (χ1v) is 14.7. The van der Waals surface area contributed by atoms with Crippen molar-refractivity contribution in [2.45, 2.75) is 13.8 Å². The molecule has 0 aliphatic carbocycles. The standard InChI is InChI=1S/C34H29N5O3S/c1-4-19-42-29-17-14-25(20-23(29)3)32-26(22-38(37-32)27-9-7-6-8-10-27)21-30-33(40)39-34(43-30)35-31(36-39)18-13-24-11-15-28(16-12-24)41-5-2/h4,6-18,20-22H,1,5,19H2,2-3H3/b18-13+,30-21-. The summed E-state index contributed by atoms with van der Waals surface area (Å²) in [6, 6.07) is 23.6. The fourth-order valence-electron chi connectivity index (χ4n) is 4.61. The number of ether oxygens (including phenoxy) is 2. The van der Waals surface area contributed by atoms with Gasteiger partial charge >= 0.3 is 0 Å². The number of thiazole rings is 1. The number of hydrogen-bond donors (Lipinski definition) is 0. The van der Waals surface area contributed by atoms with Gasteiger partial charge in [-0.2, -0.15) is 14.6 Å². The molecule has 3 heterocycles. The van der Waals surface area contributed by atoms with Crippen LogP contribution in [0.2, 0.25) is 0 Å². The van der Waals surface area contributed by atoms with Crippen LogP contribution < -0.4 is 19.6 Å². The summed E-state index contributed by atoms with van der Waals surface area (Å²) in [5.74, 6) is 2.08. The van der Waals surface area contributed by atoms with Crippen molar-refractivity contribution in [3.63, 3.8) is 0 Å². The summed E-state index contributed by atoms with van der Waals surface area (Å²) in [6.45, 7) is 8.73. The van der Waals surface area contributed by atoms with Gasteiger partial charge in [-0.05, 0) is 79.6 Å². The monoisotopic (exact) mass is 587 g/mol. The maximum absolute atomic E-state index is 13.4. The second-order valence-corrected chi connectivity index (χ2v) is 10.7. The number of para-hydroxylation sites is 1. The van der Waals surface area contributed by atoms with Gasteiger partial charge in [0.25, 0.3) is 5.56 Å². The van der Waals surface area contributed by atoms with E-state index in [1.165, 1.54) is 15.9 Å². The molecule has 0 aliphatic heterocycles. The minimum absolute atomic E-state index is 0.226. The van der Waals surface area contributed by atoms with Crippen molar-refractivity contribution in [1.29, 1.82) is 0 Å². The lowest BCUT2D eigenvalue weighted by Crippen LogP contribution is -2.23. The highest BCUT2D eigenvalue weighted by Crippen LogP contribution is 2.29. The molecule has 0 spiro atoms. The Morgan fingerprint density at radius 1 is 0.977 bits per heavy atom. The Balaban J connectivity index is 1.35. The highest BCUT2D eigenvalue weighted by Gasteiger charge is 2.15. The van der Waals surface area contributed by atoms with E-state index < -0.39 is 0 Å². The van der Waals surface area contributed by atoms with E-state index >= 15 is 0 Å². The molecule has 214 valence electrons. The van der Waals surface area contributed by atoms with Crippen LogP contribution >= 0.6 is 11.3 Å². The summed E-state index contributed by atoms with van der Waals surface area (Å²) in [7, 11) is 0. The molecule has 6 rings (SSSR count). The van der Waals surface area contributed by atoms with E-state index in [1.54, 1.807) is 12.2 Å². The summed E-state index contributed by atoms with van der Waals surface area (Å²) >= 11 is 1.30. The molecule has 0 atom stereocenters. The fraction of sp³-hybridized carbons (Fsp3) is 0.118. The molecule has 0 aliphatic rings. The summed E-state index contributed by atoms with van der Waals surface area (Å²) in [6.07, 6.45) is 9.22. The largest absolute Gasteiger partial charge is 0.494 e. The SMILES string of the molecule is C=CCOc1ccc(-c2nn(-c3ccccc3)cc2/C=c2\sc3nc(/C=C/c4ccc(OCC)cc4)nn3c2=O)cc1C. The van der Waals surface area contributed by atoms with Crippen LogP contribution in [0, 0.1) is 6.92 Å². The minimum atomic E-state index is -0.226. The molecule has 8 nitrogen and oxygen atoms in total. The average molecular weight is 588 g/mol. The van der Waals surface area contributed by atoms with Crippen molar-refractivity contribution in [3.05, 3.63) is 129 Å². The van der Waals surface area contributed by atoms with Crippen LogP contribution in [0.15, 0.2) is 96.4 Å². The summed E-state index contributed by atoms with van der Waals surface area (Å²) in [5, 5.41) is 9.36. The number of benzene rings is 3. The Hall–Kier alpha value is -5.28. The van der Waals surface area contributed by atoms with E-state index in [0.29, 0.717) is 28.5 Å². The third kappa shape index (κ3) is 6.02. The molecule has 9 heteroatoms. The van der Waals surface area contributed by atoms with Crippen molar-refractivity contribution < 1.29 is 9.47 Å². The van der Waals surface area contributed by atoms with Crippen LogP contribution in [0.1, 0.15) is 29.4 Å². The van der Waals surface area contributed by atoms with E-state index in [0.717, 1.165) is 45.1 Å². The van der Waals surface area contributed by atoms with Gasteiger partial charge in [-0.1, -0.05) is 60.4 Å². The topological polar surface area (TPSA) is 83.5 Å². The van der Waals surface area contributed by atoms with Gasteiger partial charge in [0.1, 0.15) is 23.8 Å². The molecule has 43 heavy (non-hydrogen) atoms. The molecule has 6 aromatic rings. The highest BCUT2D eigenvalue weighted by molar-refractivity contribution is 7.15. The summed E-state index contributed by atoms with van der Waals surface area (Å²) in [4.78, 5) is 18.5. The zero-order valence-corrected chi connectivity index (χ0v) is 24.6. The summed E-state index contributed by atoms with van der Waals surface area (Å²) < 4.78 is 15.0. The number of hydrogen-bond acceptors (Lipinski definition) is 7. The van der Waals surface area contributed by atoms with Gasteiger partial charge in [0.15, 0.2) is 5.82 Å². The van der Waals surface area contributed by atoms with Crippen LogP contribution in [0.5, 0.6) is 11.5 Å². The molecule has 0 bridgehead atoms. The molecule has 0 saturated heterocycles. The lowest BCUT2D eigenvalue weighted by atomic mass is 10.0. The highest BCUT2D eigenvalue weighted by atomic mass is 32.1. The maximum atomic E-state index is 13.4. The van der Waals surface area contributed by atoms with Crippen LogP contribution in [-0.2, 0) is 0 Å². The van der Waals surface area contributed by atoms with E-state index in [1.807, 2.05) is 110 Å². The van der Waals surface area contributed by atoms with Gasteiger partial charge in [-0.15, -0.1) is 5.10 Å². The maximum Gasteiger partial charge on any atom is 0.291 e. The molecule has 3 aromatic heterocycles. The number of nitrogens with zero attached hydrogens (tertiary/aromatic N) is 5. The lowest BCUT2D eigenvalue weighted by Gasteiger charge is -2.08. The van der Waals surface area contributed by atoms with E-state index in [9.17, 15) is 4.79 Å². The van der Waals surface area contributed by atoms with Gasteiger partial charge in [-0.25, -0.2) is 4.68 Å². The van der Waals surface area contributed by atoms with Gasteiger partial charge in [0.05, 0.1) is 16.8 Å². The third-order valence-corrected chi connectivity index (χ3v) is 7.63. The molecule has 0 amide bonds. The molecular formula is C34H29N5O3S. The molecule has 0 saturated carbocycles. The van der Waals surface area contributed by atoms with Crippen molar-refractivity contribution in [2.24, 2.45) is 0 Å². The fourth-order valence-corrected chi connectivity index (χ4v) is 5.52. The smallest absolute Gasteiger partial charge is 0.291 e. The lowest BCUT2D eigenvalue weighted by molar-refractivity contribution is 0.340. The molecule has 0 fully saturated rings. The van der Waals surface area contributed by atoms with E-state index in [4.69, 9.17) is 14.6 Å². The number of aromatic nitrogens is 5. The Morgan fingerprint density at radius 2 is 1.79 bits per heavy atom. The Morgan fingerprint density at radius 3 is 2.51 bits per heavy atom. The normalized spacial score (nSPS) is 11.9. The average Bonchev–Trinajstić information content (AvgIpc) is 3.71. The predicted molar refractivity (Wildman–Crippen MR) is 172 cm³/mol. The van der Waals surface area contributed by atoms with Gasteiger partial charge in [0.2, 0.25) is 4.96 Å². The van der Waals surface area contributed by atoms with E-state index in [2.05, 4.69) is 16.7 Å². The van der Waals surface area contributed by atoms with Crippen LogP contribution in [0.25, 0.3) is 40.1 Å². The molecule has 0 unspecified atom stereocenters. The number of fused-ring (bicyclic) bond motifs is 1. The second-order valence-electron chi connectivity index (χ2n) is 9.71. The first-order chi connectivity index (χ1) is 21.0. The second kappa shape index (κ2) is 12.3.